The molecule has 0 aliphatic rings. The third kappa shape index (κ3) is 3.27. The molecule has 0 saturated carbocycles. The molecular weight excluding hydrogens is 300 g/mol. The Labute approximate surface area is 124 Å². The lowest BCUT2D eigenvalue weighted by molar-refractivity contribution is -0.137. The van der Waals surface area contributed by atoms with E-state index < -0.39 is 23.5 Å². The molecule has 22 heavy (non-hydrogen) atoms. The summed E-state index contributed by atoms with van der Waals surface area (Å²) >= 11 is 0. The molecule has 0 bridgehead atoms. The van der Waals surface area contributed by atoms with Gasteiger partial charge in [-0.15, -0.1) is 0 Å². The van der Waals surface area contributed by atoms with Gasteiger partial charge in [0.25, 0.3) is 0 Å². The van der Waals surface area contributed by atoms with Gasteiger partial charge in [0.2, 0.25) is 0 Å². The van der Waals surface area contributed by atoms with Gasteiger partial charge in [-0.2, -0.15) is 13.2 Å². The zero-order valence-electron chi connectivity index (χ0n) is 11.6. The normalized spacial score (nSPS) is 11.3. The van der Waals surface area contributed by atoms with E-state index in [9.17, 15) is 22.4 Å². The molecule has 0 aromatic heterocycles. The van der Waals surface area contributed by atoms with E-state index in [2.05, 4.69) is 0 Å². The number of halogens is 4. The number of hydrogen-bond acceptors (Lipinski definition) is 2. The summed E-state index contributed by atoms with van der Waals surface area (Å²) in [6.45, 7) is 1.64. The number of rotatable bonds is 3. The van der Waals surface area contributed by atoms with E-state index in [1.54, 1.807) is 6.92 Å². The van der Waals surface area contributed by atoms with E-state index in [4.69, 9.17) is 4.74 Å². The summed E-state index contributed by atoms with van der Waals surface area (Å²) in [5.74, 6) is -1.53. The molecule has 2 nitrogen and oxygen atoms in total. The quantitative estimate of drug-likeness (QED) is 0.607. The lowest BCUT2D eigenvalue weighted by Gasteiger charge is -2.15. The second-order valence-electron chi connectivity index (χ2n) is 4.45. The minimum atomic E-state index is -4.62. The van der Waals surface area contributed by atoms with Crippen molar-refractivity contribution in [1.82, 2.24) is 0 Å². The van der Waals surface area contributed by atoms with Crippen molar-refractivity contribution in [3.05, 3.63) is 59.4 Å². The minimum absolute atomic E-state index is 0.0660. The van der Waals surface area contributed by atoms with Crippen molar-refractivity contribution in [2.45, 2.75) is 13.1 Å². The number of carbonyl (C=O) groups excluding carboxylic acids is 1. The molecule has 2 aromatic rings. The zero-order valence-corrected chi connectivity index (χ0v) is 11.6. The number of ether oxygens (including phenoxy) is 1. The average Bonchev–Trinajstić information content (AvgIpc) is 2.46. The Morgan fingerprint density at radius 2 is 1.77 bits per heavy atom. The third-order valence-electron chi connectivity index (χ3n) is 3.00. The van der Waals surface area contributed by atoms with Crippen LogP contribution in [0.3, 0.4) is 0 Å². The number of benzene rings is 2. The highest BCUT2D eigenvalue weighted by Gasteiger charge is 2.34. The standard InChI is InChI=1S/C16H12F4O2/c1-2-22-15(21)12-8-7-10(17)9-13(12)11-5-3-4-6-14(11)16(18,19)20/h3-9H,2H2,1H3. The maximum atomic E-state index is 13.5. The lowest BCUT2D eigenvalue weighted by atomic mass is 9.95. The monoisotopic (exact) mass is 312 g/mol. The summed E-state index contributed by atoms with van der Waals surface area (Å²) < 4.78 is 57.6. The fourth-order valence-electron chi connectivity index (χ4n) is 2.09. The molecular formula is C16H12F4O2. The first kappa shape index (κ1) is 16.0. The summed E-state index contributed by atoms with van der Waals surface area (Å²) in [6, 6.07) is 7.73. The summed E-state index contributed by atoms with van der Waals surface area (Å²) in [5, 5.41) is 0. The van der Waals surface area contributed by atoms with Crippen molar-refractivity contribution in [2.75, 3.05) is 6.61 Å². The topological polar surface area (TPSA) is 26.3 Å². The Bertz CT molecular complexity index is 693. The number of alkyl halides is 3. The Balaban J connectivity index is 2.67. The zero-order chi connectivity index (χ0) is 16.3. The molecule has 2 rings (SSSR count). The molecule has 0 fully saturated rings. The van der Waals surface area contributed by atoms with E-state index in [-0.39, 0.29) is 23.3 Å². The van der Waals surface area contributed by atoms with Crippen molar-refractivity contribution in [3.8, 4) is 11.1 Å². The molecule has 0 unspecified atom stereocenters. The van der Waals surface area contributed by atoms with Gasteiger partial charge in [0.05, 0.1) is 17.7 Å². The Morgan fingerprint density at radius 3 is 2.41 bits per heavy atom. The highest BCUT2D eigenvalue weighted by atomic mass is 19.4. The second-order valence-corrected chi connectivity index (χ2v) is 4.45. The summed E-state index contributed by atoms with van der Waals surface area (Å²) in [5.41, 5.74) is -1.46. The molecule has 0 aliphatic carbocycles. The van der Waals surface area contributed by atoms with Gasteiger partial charge in [0.1, 0.15) is 5.82 Å². The fourth-order valence-corrected chi connectivity index (χ4v) is 2.09. The van der Waals surface area contributed by atoms with Gasteiger partial charge in [-0.3, -0.25) is 0 Å². The molecule has 0 saturated heterocycles. The fraction of sp³-hybridized carbons (Fsp3) is 0.188. The van der Waals surface area contributed by atoms with Crippen molar-refractivity contribution < 1.29 is 27.1 Å². The van der Waals surface area contributed by atoms with Gasteiger partial charge in [0, 0.05) is 0 Å². The van der Waals surface area contributed by atoms with Gasteiger partial charge < -0.3 is 4.74 Å². The molecule has 0 atom stereocenters. The first-order chi connectivity index (χ1) is 10.3. The molecule has 0 amide bonds. The molecule has 0 radical (unpaired) electrons. The van der Waals surface area contributed by atoms with Crippen molar-refractivity contribution in [3.63, 3.8) is 0 Å². The van der Waals surface area contributed by atoms with Crippen molar-refractivity contribution >= 4 is 5.97 Å². The van der Waals surface area contributed by atoms with Gasteiger partial charge in [0.15, 0.2) is 0 Å². The maximum absolute atomic E-state index is 13.5. The van der Waals surface area contributed by atoms with Crippen molar-refractivity contribution in [1.29, 1.82) is 0 Å². The minimum Gasteiger partial charge on any atom is -0.462 e. The van der Waals surface area contributed by atoms with Crippen LogP contribution in [0.4, 0.5) is 17.6 Å². The van der Waals surface area contributed by atoms with Gasteiger partial charge in [-0.1, -0.05) is 18.2 Å². The van der Waals surface area contributed by atoms with Crippen LogP contribution in [0.15, 0.2) is 42.5 Å². The van der Waals surface area contributed by atoms with Gasteiger partial charge in [-0.25, -0.2) is 9.18 Å². The second kappa shape index (κ2) is 6.17. The number of carbonyl (C=O) groups is 1. The van der Waals surface area contributed by atoms with E-state index >= 15 is 0 Å². The molecule has 0 N–H and O–H groups in total. The van der Waals surface area contributed by atoms with Crippen LogP contribution in [-0.2, 0) is 10.9 Å². The molecule has 116 valence electrons. The van der Waals surface area contributed by atoms with Crippen LogP contribution < -0.4 is 0 Å². The van der Waals surface area contributed by atoms with Crippen LogP contribution in [0.2, 0.25) is 0 Å². The predicted molar refractivity (Wildman–Crippen MR) is 72.8 cm³/mol. The van der Waals surface area contributed by atoms with Crippen LogP contribution in [-0.4, -0.2) is 12.6 Å². The number of esters is 1. The Morgan fingerprint density at radius 1 is 1.09 bits per heavy atom. The van der Waals surface area contributed by atoms with Crippen LogP contribution >= 0.6 is 0 Å². The summed E-state index contributed by atoms with van der Waals surface area (Å²) in [7, 11) is 0. The highest BCUT2D eigenvalue weighted by Crippen LogP contribution is 2.38. The molecule has 0 spiro atoms. The van der Waals surface area contributed by atoms with Crippen LogP contribution in [0.1, 0.15) is 22.8 Å². The molecule has 6 heteroatoms. The maximum Gasteiger partial charge on any atom is 0.417 e. The van der Waals surface area contributed by atoms with Crippen LogP contribution in [0, 0.1) is 5.82 Å². The Hall–Kier alpha value is -2.37. The summed E-state index contributed by atoms with van der Waals surface area (Å²) in [4.78, 5) is 11.9. The van der Waals surface area contributed by atoms with Crippen molar-refractivity contribution in [2.24, 2.45) is 0 Å². The van der Waals surface area contributed by atoms with Gasteiger partial charge in [-0.05, 0) is 42.3 Å². The molecule has 0 heterocycles. The largest absolute Gasteiger partial charge is 0.462 e. The average molecular weight is 312 g/mol. The SMILES string of the molecule is CCOC(=O)c1ccc(F)cc1-c1ccccc1C(F)(F)F. The molecule has 0 aliphatic heterocycles. The first-order valence-electron chi connectivity index (χ1n) is 6.48. The number of hydrogen-bond donors (Lipinski definition) is 0. The predicted octanol–water partition coefficient (Wildman–Crippen LogP) is 4.69. The highest BCUT2D eigenvalue weighted by molar-refractivity contribution is 5.97. The van der Waals surface area contributed by atoms with E-state index in [0.29, 0.717) is 0 Å². The van der Waals surface area contributed by atoms with E-state index in [0.717, 1.165) is 24.3 Å². The lowest BCUT2D eigenvalue weighted by Crippen LogP contribution is -2.10. The smallest absolute Gasteiger partial charge is 0.417 e. The summed E-state index contributed by atoms with van der Waals surface area (Å²) in [6.07, 6.45) is -4.62. The first-order valence-corrected chi connectivity index (χ1v) is 6.48. The third-order valence-corrected chi connectivity index (χ3v) is 3.00. The van der Waals surface area contributed by atoms with E-state index in [1.807, 2.05) is 0 Å². The van der Waals surface area contributed by atoms with E-state index in [1.165, 1.54) is 18.2 Å². The molecule has 2 aromatic carbocycles. The van der Waals surface area contributed by atoms with Crippen LogP contribution in [0.25, 0.3) is 11.1 Å². The van der Waals surface area contributed by atoms with Gasteiger partial charge >= 0.3 is 12.1 Å². The Kier molecular flexibility index (Phi) is 4.49. The van der Waals surface area contributed by atoms with Crippen LogP contribution in [0.5, 0.6) is 0 Å².